The molecular formula is C36H14F4N2O4. The lowest BCUT2D eigenvalue weighted by Gasteiger charge is -2.30. The van der Waals surface area contributed by atoms with Gasteiger partial charge >= 0.3 is 0 Å². The number of hydrogen-bond acceptors (Lipinski definition) is 4. The number of para-hydroxylation sites is 2. The molecule has 10 heteroatoms. The summed E-state index contributed by atoms with van der Waals surface area (Å²) in [5.74, 6) is -7.82. The summed E-state index contributed by atoms with van der Waals surface area (Å²) in [6.07, 6.45) is 0. The fraction of sp³-hybridized carbons (Fsp3) is 0. The molecule has 220 valence electrons. The highest BCUT2D eigenvalue weighted by Crippen LogP contribution is 2.47. The molecule has 6 nitrogen and oxygen atoms in total. The fourth-order valence-corrected chi connectivity index (χ4v) is 7.08. The molecule has 0 fully saturated rings. The van der Waals surface area contributed by atoms with Crippen molar-refractivity contribution in [2.24, 2.45) is 0 Å². The van der Waals surface area contributed by atoms with Crippen molar-refractivity contribution in [1.29, 1.82) is 0 Å². The molecule has 0 saturated carbocycles. The number of amides is 4. The third-order valence-corrected chi connectivity index (χ3v) is 8.96. The number of imide groups is 2. The molecule has 0 atom stereocenters. The first-order chi connectivity index (χ1) is 22.2. The molecule has 0 unspecified atom stereocenters. The highest BCUT2D eigenvalue weighted by atomic mass is 19.1. The molecule has 0 aromatic heterocycles. The van der Waals surface area contributed by atoms with Gasteiger partial charge in [-0.15, -0.1) is 0 Å². The normalized spacial score (nSPS) is 14.6. The van der Waals surface area contributed by atoms with Crippen LogP contribution >= 0.6 is 0 Å². The van der Waals surface area contributed by atoms with Crippen LogP contribution < -0.4 is 9.80 Å². The van der Waals surface area contributed by atoms with Gasteiger partial charge in [0.05, 0.1) is 0 Å². The number of hydrogen-bond donors (Lipinski definition) is 0. The predicted molar refractivity (Wildman–Crippen MR) is 163 cm³/mol. The number of anilines is 2. The van der Waals surface area contributed by atoms with Crippen molar-refractivity contribution in [3.8, 4) is 0 Å². The molecule has 0 aliphatic carbocycles. The van der Waals surface area contributed by atoms with Crippen LogP contribution in [0.3, 0.4) is 0 Å². The molecule has 0 saturated heterocycles. The van der Waals surface area contributed by atoms with E-state index >= 15 is 0 Å². The quantitative estimate of drug-likeness (QED) is 0.0859. The molecule has 46 heavy (non-hydrogen) atoms. The van der Waals surface area contributed by atoms with Crippen molar-refractivity contribution in [1.82, 2.24) is 0 Å². The summed E-state index contributed by atoms with van der Waals surface area (Å²) in [5.41, 5.74) is -1.25. The highest BCUT2D eigenvalue weighted by Gasteiger charge is 2.40. The van der Waals surface area contributed by atoms with Gasteiger partial charge in [-0.1, -0.05) is 36.4 Å². The lowest BCUT2D eigenvalue weighted by Crippen LogP contribution is -2.41. The van der Waals surface area contributed by atoms with Crippen LogP contribution in [0.5, 0.6) is 0 Å². The van der Waals surface area contributed by atoms with Crippen LogP contribution in [0.1, 0.15) is 41.4 Å². The van der Waals surface area contributed by atoms with Crippen LogP contribution in [0.2, 0.25) is 0 Å². The minimum Gasteiger partial charge on any atom is -0.268 e. The number of carbonyl (C=O) groups is 4. The maximum Gasteiger partial charge on any atom is 0.266 e. The van der Waals surface area contributed by atoms with Gasteiger partial charge in [0.1, 0.15) is 34.6 Å². The lowest BCUT2D eigenvalue weighted by atomic mass is 9.82. The van der Waals surface area contributed by atoms with Crippen molar-refractivity contribution in [3.05, 3.63) is 130 Å². The Morgan fingerprint density at radius 2 is 0.609 bits per heavy atom. The zero-order valence-electron chi connectivity index (χ0n) is 23.1. The van der Waals surface area contributed by atoms with E-state index in [4.69, 9.17) is 0 Å². The van der Waals surface area contributed by atoms with Gasteiger partial charge < -0.3 is 0 Å². The summed E-state index contributed by atoms with van der Waals surface area (Å²) in [6, 6.07) is 18.6. The number of carbonyl (C=O) groups excluding carboxylic acids is 4. The van der Waals surface area contributed by atoms with Crippen molar-refractivity contribution in [2.45, 2.75) is 0 Å². The van der Waals surface area contributed by atoms with Crippen LogP contribution in [-0.2, 0) is 0 Å². The van der Waals surface area contributed by atoms with Crippen molar-refractivity contribution < 1.29 is 36.7 Å². The largest absolute Gasteiger partial charge is 0.268 e. The number of halogens is 4. The highest BCUT2D eigenvalue weighted by molar-refractivity contribution is 6.45. The summed E-state index contributed by atoms with van der Waals surface area (Å²) in [4.78, 5) is 55.9. The van der Waals surface area contributed by atoms with Gasteiger partial charge in [-0.05, 0) is 80.8 Å². The van der Waals surface area contributed by atoms with E-state index < -0.39 is 58.3 Å². The first kappa shape index (κ1) is 26.3. The van der Waals surface area contributed by atoms with Gasteiger partial charge in [0.2, 0.25) is 0 Å². The second kappa shape index (κ2) is 8.72. The Bertz CT molecular complexity index is 2290. The monoisotopic (exact) mass is 614 g/mol. The van der Waals surface area contributed by atoms with Crippen LogP contribution in [0, 0.1) is 23.3 Å². The molecule has 2 aliphatic heterocycles. The van der Waals surface area contributed by atoms with Crippen LogP contribution in [0.25, 0.3) is 43.1 Å². The molecule has 0 spiro atoms. The van der Waals surface area contributed by atoms with E-state index in [-0.39, 0.29) is 22.3 Å². The van der Waals surface area contributed by atoms with E-state index in [0.717, 1.165) is 36.4 Å². The molecule has 2 heterocycles. The maximum absolute atomic E-state index is 14.8. The van der Waals surface area contributed by atoms with E-state index in [1.165, 1.54) is 24.3 Å². The third-order valence-electron chi connectivity index (χ3n) is 8.96. The van der Waals surface area contributed by atoms with E-state index in [0.29, 0.717) is 52.9 Å². The molecule has 0 N–H and O–H groups in total. The number of benzene rings is 7. The Kier molecular flexibility index (Phi) is 4.98. The summed E-state index contributed by atoms with van der Waals surface area (Å²) in [6.45, 7) is 0. The Morgan fingerprint density at radius 3 is 0.870 bits per heavy atom. The van der Waals surface area contributed by atoms with Gasteiger partial charge in [-0.25, -0.2) is 27.4 Å². The summed E-state index contributed by atoms with van der Waals surface area (Å²) in [5, 5.41) is 4.10. The van der Waals surface area contributed by atoms with Crippen molar-refractivity contribution in [3.63, 3.8) is 0 Å². The molecular weight excluding hydrogens is 600 g/mol. The van der Waals surface area contributed by atoms with Crippen molar-refractivity contribution >= 4 is 78.1 Å². The van der Waals surface area contributed by atoms with Gasteiger partial charge in [0, 0.05) is 33.0 Å². The minimum atomic E-state index is -1.06. The van der Waals surface area contributed by atoms with Gasteiger partial charge in [-0.2, -0.15) is 0 Å². The standard InChI is InChI=1S/C36H14F4N2O4/c37-23-3-1-4-24(38)31(23)41-33(43)19-11-7-15-17-9-13-21-30-22(36(46)42(35(21)45)32-25(39)5-2-6-26(32)40)14-10-18(28(17)30)16-8-12-20(34(41)44)29(19)27(15)16/h1-14H. The fourth-order valence-electron chi connectivity index (χ4n) is 7.08. The molecule has 4 amide bonds. The van der Waals surface area contributed by atoms with Crippen LogP contribution in [-0.4, -0.2) is 23.6 Å². The zero-order valence-corrected chi connectivity index (χ0v) is 23.1. The minimum absolute atomic E-state index is 0.0693. The Morgan fingerprint density at radius 1 is 0.348 bits per heavy atom. The predicted octanol–water partition coefficient (Wildman–Crippen LogP) is 7.89. The van der Waals surface area contributed by atoms with Gasteiger partial charge in [0.15, 0.2) is 0 Å². The molecule has 7 aromatic rings. The Labute approximate surface area is 255 Å². The van der Waals surface area contributed by atoms with Gasteiger partial charge in [0.25, 0.3) is 23.6 Å². The summed E-state index contributed by atoms with van der Waals surface area (Å²) >= 11 is 0. The lowest BCUT2D eigenvalue weighted by molar-refractivity contribution is 0.0875. The Balaban J connectivity index is 1.32. The molecule has 0 radical (unpaired) electrons. The third kappa shape index (κ3) is 3.05. The van der Waals surface area contributed by atoms with E-state index in [1.807, 2.05) is 0 Å². The SMILES string of the molecule is O=C1c2ccc3c4ccc5c6c(ccc(c7ccc(c2c37)C(=O)N1c1c(F)cccc1F)c64)C(=O)N(c1c(F)cccc1F)C5=O. The average Bonchev–Trinajstić information content (AvgIpc) is 3.04. The molecule has 9 rings (SSSR count). The van der Waals surface area contributed by atoms with E-state index in [9.17, 15) is 36.7 Å². The zero-order chi connectivity index (χ0) is 31.8. The second-order valence-corrected chi connectivity index (χ2v) is 11.2. The first-order valence-electron chi connectivity index (χ1n) is 14.0. The first-order valence-corrected chi connectivity index (χ1v) is 14.0. The van der Waals surface area contributed by atoms with E-state index in [1.54, 1.807) is 24.3 Å². The second-order valence-electron chi connectivity index (χ2n) is 11.2. The van der Waals surface area contributed by atoms with Crippen molar-refractivity contribution in [2.75, 3.05) is 9.80 Å². The molecule has 0 bridgehead atoms. The molecule has 7 aromatic carbocycles. The number of nitrogens with zero attached hydrogens (tertiary/aromatic N) is 2. The topological polar surface area (TPSA) is 74.8 Å². The number of rotatable bonds is 2. The van der Waals surface area contributed by atoms with E-state index in [2.05, 4.69) is 0 Å². The number of fused-ring (bicyclic) bond motifs is 2. The van der Waals surface area contributed by atoms with Crippen LogP contribution in [0.4, 0.5) is 28.9 Å². The van der Waals surface area contributed by atoms with Gasteiger partial charge in [-0.3, -0.25) is 19.2 Å². The van der Waals surface area contributed by atoms with Crippen LogP contribution in [0.15, 0.2) is 84.9 Å². The maximum atomic E-state index is 14.8. The Hall–Kier alpha value is -6.16. The summed E-state index contributed by atoms with van der Waals surface area (Å²) in [7, 11) is 0. The average molecular weight is 615 g/mol. The smallest absolute Gasteiger partial charge is 0.266 e. The summed E-state index contributed by atoms with van der Waals surface area (Å²) < 4.78 is 59.1. The molecule has 2 aliphatic rings.